The summed E-state index contributed by atoms with van der Waals surface area (Å²) in [5, 5.41) is 35.5. The average molecular weight is 736 g/mol. The Hall–Kier alpha value is -4.74. The molecule has 22 heteroatoms. The first-order valence-corrected chi connectivity index (χ1v) is 17.2. The topological polar surface area (TPSA) is 277 Å². The fourth-order valence-electron chi connectivity index (χ4n) is 4.16. The summed E-state index contributed by atoms with van der Waals surface area (Å²) in [6.45, 7) is 3.58. The zero-order valence-electron chi connectivity index (χ0n) is 25.0. The van der Waals surface area contributed by atoms with Gasteiger partial charge in [-0.15, -0.1) is 10.2 Å². The maximum absolute atomic E-state index is 13.6. The Bertz CT molecular complexity index is 2280. The van der Waals surface area contributed by atoms with Gasteiger partial charge in [-0.25, -0.2) is 13.1 Å². The van der Waals surface area contributed by atoms with Crippen molar-refractivity contribution in [3.8, 4) is 22.9 Å². The summed E-state index contributed by atoms with van der Waals surface area (Å²) in [6, 6.07) is 8.04. The first-order chi connectivity index (χ1) is 22.7. The lowest BCUT2D eigenvalue weighted by molar-refractivity contribution is 0.450. The van der Waals surface area contributed by atoms with E-state index in [0.717, 1.165) is 10.4 Å². The van der Waals surface area contributed by atoms with Crippen LogP contribution in [0.5, 0.6) is 11.8 Å². The second kappa shape index (κ2) is 15.4. The predicted molar refractivity (Wildman–Crippen MR) is 180 cm³/mol. The van der Waals surface area contributed by atoms with Crippen LogP contribution in [0, 0.1) is 9.54 Å². The van der Waals surface area contributed by atoms with Gasteiger partial charge in [-0.1, -0.05) is 26.0 Å². The summed E-state index contributed by atoms with van der Waals surface area (Å²) < 4.78 is 55.2. The highest BCUT2D eigenvalue weighted by atomic mass is 32.2. The third-order valence-electron chi connectivity index (χ3n) is 6.27. The highest BCUT2D eigenvalue weighted by Gasteiger charge is 2.24. The van der Waals surface area contributed by atoms with Gasteiger partial charge in [0.2, 0.25) is 33.2 Å². The second-order valence-corrected chi connectivity index (χ2v) is 13.1. The molecule has 0 aliphatic rings. The smallest absolute Gasteiger partial charge is 0.283 e. The number of nitrogens with zero attached hydrogens (tertiary/aromatic N) is 5. The molecule has 0 radical (unpaired) electrons. The van der Waals surface area contributed by atoms with Crippen molar-refractivity contribution in [1.29, 1.82) is 0 Å². The largest absolute Gasteiger partial charge is 0.755 e. The molecule has 48 heavy (non-hydrogen) atoms. The van der Waals surface area contributed by atoms with Crippen LogP contribution in [0.3, 0.4) is 0 Å². The van der Waals surface area contributed by atoms with Gasteiger partial charge in [0.1, 0.15) is 0 Å². The van der Waals surface area contributed by atoms with Crippen LogP contribution in [0.15, 0.2) is 71.3 Å². The molecule has 0 fully saturated rings. The number of hydrogen-bond acceptors (Lipinski definition) is 14. The lowest BCUT2D eigenvalue weighted by Crippen LogP contribution is -2.27. The minimum atomic E-state index is -4.25. The SMILES string of the molecule is CCCNS(=O)(=O)c1cc(N=Nc2c(O)[nH]c(=S)[nH]c2=O)ccc1-c1ccc(N=Nc2c(O)[nH]c(=S)[nH]c2=O)cc1N(CCC)S(=O)[O-]. The minimum Gasteiger partial charge on any atom is -0.755 e. The number of hydrogen-bond donors (Lipinski definition) is 7. The van der Waals surface area contributed by atoms with Crippen LogP contribution < -0.4 is 20.1 Å². The molecule has 7 N–H and O–H groups in total. The molecule has 18 nitrogen and oxygen atoms in total. The highest BCUT2D eigenvalue weighted by Crippen LogP contribution is 2.40. The highest BCUT2D eigenvalue weighted by molar-refractivity contribution is 7.89. The molecule has 0 saturated carbocycles. The maximum atomic E-state index is 13.6. The van der Waals surface area contributed by atoms with Crippen molar-refractivity contribution in [2.24, 2.45) is 20.5 Å². The summed E-state index contributed by atoms with van der Waals surface area (Å²) in [5.41, 5.74) is -2.40. The van der Waals surface area contributed by atoms with E-state index in [1.54, 1.807) is 13.8 Å². The predicted octanol–water partition coefficient (Wildman–Crippen LogP) is 4.79. The Kier molecular flexibility index (Phi) is 11.6. The number of sulfonamides is 1. The van der Waals surface area contributed by atoms with Crippen molar-refractivity contribution < 1.29 is 27.4 Å². The van der Waals surface area contributed by atoms with Crippen molar-refractivity contribution in [3.63, 3.8) is 0 Å². The molecule has 1 unspecified atom stereocenters. The molecular formula is C26H27N10O8S4-. The first kappa shape index (κ1) is 36.1. The normalized spacial score (nSPS) is 12.6. The van der Waals surface area contributed by atoms with Crippen molar-refractivity contribution >= 4 is 74.2 Å². The fourth-order valence-corrected chi connectivity index (χ4v) is 6.56. The number of azo groups is 2. The molecule has 254 valence electrons. The van der Waals surface area contributed by atoms with E-state index in [2.05, 4.69) is 45.1 Å². The molecule has 0 bridgehead atoms. The molecule has 0 saturated heterocycles. The van der Waals surface area contributed by atoms with Crippen LogP contribution in [0.25, 0.3) is 11.1 Å². The van der Waals surface area contributed by atoms with Crippen LogP contribution >= 0.6 is 24.4 Å². The number of rotatable bonds is 13. The number of benzene rings is 2. The molecule has 0 aliphatic heterocycles. The van der Waals surface area contributed by atoms with E-state index < -0.39 is 55.5 Å². The molecule has 0 aliphatic carbocycles. The molecule has 2 aromatic carbocycles. The molecule has 2 aromatic heterocycles. The maximum Gasteiger partial charge on any atom is 0.283 e. The van der Waals surface area contributed by atoms with Crippen LogP contribution in [0.4, 0.5) is 28.4 Å². The Balaban J connectivity index is 1.92. The molecule has 1 atom stereocenters. The van der Waals surface area contributed by atoms with E-state index in [0.29, 0.717) is 12.8 Å². The molecule has 0 amide bonds. The number of aromatic nitrogens is 4. The summed E-state index contributed by atoms with van der Waals surface area (Å²) in [6.07, 6.45) is 0.838. The minimum absolute atomic E-state index is 0.0000243. The van der Waals surface area contributed by atoms with Gasteiger partial charge in [0.15, 0.2) is 9.54 Å². The van der Waals surface area contributed by atoms with E-state index in [-0.39, 0.29) is 55.7 Å². The van der Waals surface area contributed by atoms with Gasteiger partial charge in [-0.05, 0) is 61.5 Å². The number of aromatic hydroxyl groups is 2. The van der Waals surface area contributed by atoms with Gasteiger partial charge in [0.05, 0.1) is 22.0 Å². The van der Waals surface area contributed by atoms with Crippen molar-refractivity contribution in [1.82, 2.24) is 24.7 Å². The fraction of sp³-hybridized carbons (Fsp3) is 0.231. The standard InChI is InChI=1S/C26H28N10O8S4/c1-3-9-27-48(43,44)18-12-14(33-35-20-23(39)30-26(46)31-24(20)40)6-8-16(18)15-7-5-13(11-17(15)36(10-4-2)47(41)42)32-34-19-21(37)28-25(45)29-22(19)38/h5-8,11-12,27H,3-4,9-10H2,1-2H3,(H,41,42)(H3,28,29,37,38,45)(H3,30,31,39,40,46)/p-1. The summed E-state index contributed by atoms with van der Waals surface area (Å²) in [4.78, 5) is 33.3. The zero-order chi connectivity index (χ0) is 35.2. The quantitative estimate of drug-likeness (QED) is 0.0560. The van der Waals surface area contributed by atoms with E-state index in [1.807, 2.05) is 0 Å². The monoisotopic (exact) mass is 735 g/mol. The van der Waals surface area contributed by atoms with Crippen molar-refractivity contribution in [3.05, 3.63) is 66.6 Å². The first-order valence-electron chi connectivity index (χ1n) is 13.8. The third kappa shape index (κ3) is 8.39. The Morgan fingerprint density at radius 3 is 1.83 bits per heavy atom. The van der Waals surface area contributed by atoms with Gasteiger partial charge in [0.25, 0.3) is 11.1 Å². The van der Waals surface area contributed by atoms with Crippen LogP contribution in [0.2, 0.25) is 0 Å². The molecule has 4 aromatic rings. The van der Waals surface area contributed by atoms with Crippen LogP contribution in [0.1, 0.15) is 26.7 Å². The van der Waals surface area contributed by atoms with Gasteiger partial charge in [-0.3, -0.25) is 23.8 Å². The van der Waals surface area contributed by atoms with E-state index in [4.69, 9.17) is 24.4 Å². The lowest BCUT2D eigenvalue weighted by atomic mass is 10.0. The van der Waals surface area contributed by atoms with E-state index in [9.17, 15) is 37.0 Å². The van der Waals surface area contributed by atoms with Gasteiger partial charge in [-0.2, -0.15) is 10.2 Å². The molecule has 4 rings (SSSR count). The average Bonchev–Trinajstić information content (AvgIpc) is 3.01. The summed E-state index contributed by atoms with van der Waals surface area (Å²) in [5.74, 6) is -1.29. The third-order valence-corrected chi connectivity index (χ3v) is 8.92. The van der Waals surface area contributed by atoms with E-state index >= 15 is 0 Å². The number of anilines is 1. The lowest BCUT2D eigenvalue weighted by Gasteiger charge is -2.29. The Morgan fingerprint density at radius 2 is 1.35 bits per heavy atom. The number of nitrogens with one attached hydrogen (secondary N) is 5. The zero-order valence-corrected chi connectivity index (χ0v) is 28.3. The van der Waals surface area contributed by atoms with Gasteiger partial charge < -0.3 is 29.0 Å². The summed E-state index contributed by atoms with van der Waals surface area (Å²) in [7, 11) is -4.25. The van der Waals surface area contributed by atoms with E-state index in [1.165, 1.54) is 30.3 Å². The number of aromatic amines is 4. The van der Waals surface area contributed by atoms with Gasteiger partial charge >= 0.3 is 0 Å². The summed E-state index contributed by atoms with van der Waals surface area (Å²) >= 11 is 6.78. The van der Waals surface area contributed by atoms with Crippen LogP contribution in [-0.4, -0.2) is 60.4 Å². The Labute approximate surface area is 284 Å². The molecule has 0 spiro atoms. The van der Waals surface area contributed by atoms with Gasteiger partial charge in [0, 0.05) is 35.5 Å². The van der Waals surface area contributed by atoms with Crippen molar-refractivity contribution in [2.45, 2.75) is 31.6 Å². The number of H-pyrrole nitrogens is 4. The molecular weight excluding hydrogens is 709 g/mol. The van der Waals surface area contributed by atoms with Crippen LogP contribution in [-0.2, 0) is 21.3 Å². The second-order valence-electron chi connectivity index (χ2n) is 9.71. The Morgan fingerprint density at radius 1 is 0.833 bits per heavy atom. The van der Waals surface area contributed by atoms with Crippen molar-refractivity contribution in [2.75, 3.05) is 17.4 Å². The molecule has 2 heterocycles.